The molecule has 0 unspecified atom stereocenters. The van der Waals surface area contributed by atoms with E-state index in [0.29, 0.717) is 31.1 Å². The highest BCUT2D eigenvalue weighted by Crippen LogP contribution is 2.20. The lowest BCUT2D eigenvalue weighted by Crippen LogP contribution is -2.00. The van der Waals surface area contributed by atoms with Crippen LogP contribution in [0.5, 0.6) is 11.5 Å². The molecule has 2 aromatic carbocycles. The Hall–Kier alpha value is -2.07. The summed E-state index contributed by atoms with van der Waals surface area (Å²) in [5.74, 6) is 1.14. The van der Waals surface area contributed by atoms with Crippen molar-refractivity contribution in [3.8, 4) is 11.5 Å². The molecule has 0 atom stereocenters. The summed E-state index contributed by atoms with van der Waals surface area (Å²) in [4.78, 5) is 0. The van der Waals surface area contributed by atoms with Crippen LogP contribution in [0, 0.1) is 5.82 Å². The van der Waals surface area contributed by atoms with Gasteiger partial charge < -0.3 is 14.6 Å². The molecule has 0 aliphatic carbocycles. The summed E-state index contributed by atoms with van der Waals surface area (Å²) in [7, 11) is 0. The van der Waals surface area contributed by atoms with Crippen molar-refractivity contribution in [3.63, 3.8) is 0 Å². The van der Waals surface area contributed by atoms with Crippen molar-refractivity contribution in [1.29, 1.82) is 0 Å². The zero-order valence-corrected chi connectivity index (χ0v) is 11.1. The van der Waals surface area contributed by atoms with E-state index >= 15 is 0 Å². The van der Waals surface area contributed by atoms with Gasteiger partial charge in [0, 0.05) is 19.1 Å². The molecule has 0 aromatic heterocycles. The van der Waals surface area contributed by atoms with Crippen LogP contribution < -0.4 is 9.47 Å². The van der Waals surface area contributed by atoms with Crippen molar-refractivity contribution in [2.45, 2.75) is 13.0 Å². The average Bonchev–Trinajstić information content (AvgIpc) is 2.47. The first-order valence-corrected chi connectivity index (χ1v) is 6.49. The minimum absolute atomic E-state index is 0.112. The highest BCUT2D eigenvalue weighted by atomic mass is 19.1. The van der Waals surface area contributed by atoms with Gasteiger partial charge in [-0.25, -0.2) is 4.39 Å². The molecule has 0 fully saturated rings. The number of aliphatic hydroxyl groups excluding tert-OH is 1. The van der Waals surface area contributed by atoms with E-state index < -0.39 is 0 Å². The normalized spacial score (nSPS) is 10.3. The molecule has 0 aliphatic heterocycles. The third kappa shape index (κ3) is 4.55. The number of rotatable bonds is 7. The number of hydrogen-bond acceptors (Lipinski definition) is 3. The van der Waals surface area contributed by atoms with Crippen LogP contribution in [0.3, 0.4) is 0 Å². The van der Waals surface area contributed by atoms with Crippen molar-refractivity contribution in [1.82, 2.24) is 0 Å². The summed E-state index contributed by atoms with van der Waals surface area (Å²) in [5, 5.41) is 8.70. The monoisotopic (exact) mass is 276 g/mol. The number of aliphatic hydroxyl groups is 1. The molecule has 106 valence electrons. The van der Waals surface area contributed by atoms with Crippen molar-refractivity contribution >= 4 is 0 Å². The number of ether oxygens (including phenoxy) is 2. The maximum Gasteiger partial charge on any atom is 0.123 e. The smallest absolute Gasteiger partial charge is 0.123 e. The van der Waals surface area contributed by atoms with Crippen molar-refractivity contribution in [2.24, 2.45) is 0 Å². The van der Waals surface area contributed by atoms with Crippen LogP contribution in [0.25, 0.3) is 0 Å². The maximum atomic E-state index is 12.8. The van der Waals surface area contributed by atoms with Crippen LogP contribution >= 0.6 is 0 Å². The van der Waals surface area contributed by atoms with Crippen LogP contribution in [-0.4, -0.2) is 18.3 Å². The molecule has 2 rings (SSSR count). The molecule has 0 heterocycles. The molecule has 2 aromatic rings. The first kappa shape index (κ1) is 14.3. The molecule has 0 bridgehead atoms. The van der Waals surface area contributed by atoms with E-state index in [2.05, 4.69) is 0 Å². The van der Waals surface area contributed by atoms with Crippen LogP contribution in [0.4, 0.5) is 4.39 Å². The molecular formula is C16H17FO3. The van der Waals surface area contributed by atoms with Gasteiger partial charge in [-0.05, 0) is 29.8 Å². The van der Waals surface area contributed by atoms with Crippen LogP contribution in [0.2, 0.25) is 0 Å². The fourth-order valence-electron chi connectivity index (χ4n) is 1.66. The predicted octanol–water partition coefficient (Wildman–Crippen LogP) is 3.17. The Labute approximate surface area is 117 Å². The Bertz CT molecular complexity index is 526. The topological polar surface area (TPSA) is 38.7 Å². The van der Waals surface area contributed by atoms with E-state index in [1.54, 1.807) is 18.2 Å². The zero-order valence-electron chi connectivity index (χ0n) is 11.1. The van der Waals surface area contributed by atoms with E-state index in [4.69, 9.17) is 14.6 Å². The Morgan fingerprint density at radius 1 is 0.950 bits per heavy atom. The Kier molecular flexibility index (Phi) is 5.38. The van der Waals surface area contributed by atoms with Gasteiger partial charge in [0.2, 0.25) is 0 Å². The highest BCUT2D eigenvalue weighted by Gasteiger charge is 1.99. The molecule has 0 aliphatic rings. The SMILES string of the molecule is OCCCOc1cccc(OCc2ccc(F)cc2)c1. The average molecular weight is 276 g/mol. The van der Waals surface area contributed by atoms with Gasteiger partial charge in [0.15, 0.2) is 0 Å². The van der Waals surface area contributed by atoms with Crippen molar-refractivity contribution in [2.75, 3.05) is 13.2 Å². The number of halogens is 1. The minimum atomic E-state index is -0.256. The van der Waals surface area contributed by atoms with Gasteiger partial charge >= 0.3 is 0 Å². The van der Waals surface area contributed by atoms with Crippen LogP contribution in [-0.2, 0) is 6.61 Å². The molecule has 20 heavy (non-hydrogen) atoms. The summed E-state index contributed by atoms with van der Waals surface area (Å²) in [6.07, 6.45) is 0.598. The fourth-order valence-corrected chi connectivity index (χ4v) is 1.66. The second-order valence-corrected chi connectivity index (χ2v) is 4.32. The molecule has 1 N–H and O–H groups in total. The van der Waals surface area contributed by atoms with Crippen molar-refractivity contribution in [3.05, 3.63) is 59.9 Å². The lowest BCUT2D eigenvalue weighted by atomic mass is 10.2. The molecular weight excluding hydrogens is 259 g/mol. The lowest BCUT2D eigenvalue weighted by molar-refractivity contribution is 0.232. The predicted molar refractivity (Wildman–Crippen MR) is 74.4 cm³/mol. The van der Waals surface area contributed by atoms with Crippen molar-refractivity contribution < 1.29 is 19.0 Å². The summed E-state index contributed by atoms with van der Waals surface area (Å²) in [6.45, 7) is 0.957. The molecule has 0 amide bonds. The number of benzene rings is 2. The van der Waals surface area contributed by atoms with Crippen LogP contribution in [0.15, 0.2) is 48.5 Å². The lowest BCUT2D eigenvalue weighted by Gasteiger charge is -2.09. The molecule has 4 heteroatoms. The minimum Gasteiger partial charge on any atom is -0.493 e. The maximum absolute atomic E-state index is 12.8. The fraction of sp³-hybridized carbons (Fsp3) is 0.250. The van der Waals surface area contributed by atoms with Gasteiger partial charge in [0.25, 0.3) is 0 Å². The second kappa shape index (κ2) is 7.50. The molecule has 0 saturated heterocycles. The Morgan fingerprint density at radius 2 is 1.65 bits per heavy atom. The van der Waals surface area contributed by atoms with Gasteiger partial charge in [0.05, 0.1) is 6.61 Å². The zero-order chi connectivity index (χ0) is 14.2. The molecule has 3 nitrogen and oxygen atoms in total. The molecule has 0 spiro atoms. The summed E-state index contributed by atoms with van der Waals surface area (Å²) in [5.41, 5.74) is 0.901. The third-order valence-corrected chi connectivity index (χ3v) is 2.70. The van der Waals surface area contributed by atoms with Gasteiger partial charge in [-0.3, -0.25) is 0 Å². The quantitative estimate of drug-likeness (QED) is 0.789. The second-order valence-electron chi connectivity index (χ2n) is 4.32. The molecule has 0 radical (unpaired) electrons. The summed E-state index contributed by atoms with van der Waals surface area (Å²) >= 11 is 0. The highest BCUT2D eigenvalue weighted by molar-refractivity contribution is 5.33. The number of hydrogen-bond donors (Lipinski definition) is 1. The van der Waals surface area contributed by atoms with Crippen LogP contribution in [0.1, 0.15) is 12.0 Å². The van der Waals surface area contributed by atoms with E-state index in [-0.39, 0.29) is 12.4 Å². The van der Waals surface area contributed by atoms with E-state index in [1.807, 2.05) is 18.2 Å². The van der Waals surface area contributed by atoms with E-state index in [0.717, 1.165) is 5.56 Å². The van der Waals surface area contributed by atoms with Gasteiger partial charge in [-0.15, -0.1) is 0 Å². The van der Waals surface area contributed by atoms with E-state index in [9.17, 15) is 4.39 Å². The van der Waals surface area contributed by atoms with Gasteiger partial charge in [-0.1, -0.05) is 18.2 Å². The van der Waals surface area contributed by atoms with Gasteiger partial charge in [0.1, 0.15) is 23.9 Å². The summed E-state index contributed by atoms with van der Waals surface area (Å²) in [6, 6.07) is 13.5. The largest absolute Gasteiger partial charge is 0.493 e. The Morgan fingerprint density at radius 3 is 2.35 bits per heavy atom. The molecule has 0 saturated carbocycles. The first-order valence-electron chi connectivity index (χ1n) is 6.49. The van der Waals surface area contributed by atoms with E-state index in [1.165, 1.54) is 12.1 Å². The van der Waals surface area contributed by atoms with Gasteiger partial charge in [-0.2, -0.15) is 0 Å². The first-order chi connectivity index (χ1) is 9.78. The summed E-state index contributed by atoms with van der Waals surface area (Å²) < 4.78 is 23.9. The third-order valence-electron chi connectivity index (χ3n) is 2.70. The standard InChI is InChI=1S/C16H17FO3/c17-14-7-5-13(6-8-14)12-20-16-4-1-3-15(11-16)19-10-2-9-18/h1,3-8,11,18H,2,9-10,12H2. The Balaban J connectivity index is 1.89.